The minimum Gasteiger partial charge on any atom is -0.420 e. The van der Waals surface area contributed by atoms with Crippen molar-refractivity contribution in [2.75, 3.05) is 0 Å². The van der Waals surface area contributed by atoms with Crippen LogP contribution in [-0.4, -0.2) is 29.0 Å². The van der Waals surface area contributed by atoms with Crippen LogP contribution in [-0.2, 0) is 0 Å². The van der Waals surface area contributed by atoms with Crippen molar-refractivity contribution < 1.29 is 9.53 Å². The van der Waals surface area contributed by atoms with Gasteiger partial charge in [-0.3, -0.25) is 4.79 Å². The highest BCUT2D eigenvalue weighted by Gasteiger charge is 2.39. The molecule has 1 amide bonds. The molecule has 2 saturated heterocycles. The summed E-state index contributed by atoms with van der Waals surface area (Å²) in [6.45, 7) is 1.99. The van der Waals surface area contributed by atoms with Crippen molar-refractivity contribution in [3.05, 3.63) is 28.1 Å². The third kappa shape index (κ3) is 2.76. The molecular formula is C15H17N3O2S2. The molecule has 22 heavy (non-hydrogen) atoms. The number of rotatable bonds is 4. The van der Waals surface area contributed by atoms with Gasteiger partial charge in [0.25, 0.3) is 11.1 Å². The highest BCUT2D eigenvalue weighted by Crippen LogP contribution is 2.32. The van der Waals surface area contributed by atoms with Crippen molar-refractivity contribution in [3.8, 4) is 10.3 Å². The van der Waals surface area contributed by atoms with Gasteiger partial charge in [-0.2, -0.15) is 0 Å². The van der Waals surface area contributed by atoms with Crippen molar-refractivity contribution in [2.45, 2.75) is 44.3 Å². The number of thiophene rings is 1. The Labute approximate surface area is 136 Å². The standard InChI is InChI=1S/C15H17N3O2S2/c1-8-7-16-15(21-8)20-13-5-4-12(22-13)14(19)18-11-6-9-2-3-10(11)17-9/h4-5,7,9-11,17H,2-3,6H2,1H3,(H,18,19). The lowest BCUT2D eigenvalue weighted by atomic mass is 9.95. The zero-order valence-electron chi connectivity index (χ0n) is 12.2. The molecule has 4 rings (SSSR count). The van der Waals surface area contributed by atoms with Crippen molar-refractivity contribution in [2.24, 2.45) is 0 Å². The highest BCUT2D eigenvalue weighted by molar-refractivity contribution is 7.16. The van der Waals surface area contributed by atoms with E-state index < -0.39 is 0 Å². The van der Waals surface area contributed by atoms with E-state index in [1.807, 2.05) is 19.1 Å². The first kappa shape index (κ1) is 14.2. The third-order valence-electron chi connectivity index (χ3n) is 4.21. The topological polar surface area (TPSA) is 63.2 Å². The first-order valence-corrected chi connectivity index (χ1v) is 9.08. The summed E-state index contributed by atoms with van der Waals surface area (Å²) in [5, 5.41) is 7.99. The molecule has 3 unspecified atom stereocenters. The average Bonchev–Trinajstić information content (AvgIpc) is 3.24. The molecule has 7 heteroatoms. The second kappa shape index (κ2) is 5.64. The number of hydrogen-bond acceptors (Lipinski definition) is 6. The van der Waals surface area contributed by atoms with Crippen LogP contribution in [0.2, 0.25) is 0 Å². The van der Waals surface area contributed by atoms with Gasteiger partial charge in [-0.15, -0.1) is 0 Å². The number of aryl methyl sites for hydroxylation is 1. The van der Waals surface area contributed by atoms with E-state index in [1.165, 1.54) is 29.1 Å². The molecule has 0 aliphatic carbocycles. The van der Waals surface area contributed by atoms with Crippen LogP contribution in [0.1, 0.15) is 33.8 Å². The van der Waals surface area contributed by atoms with E-state index >= 15 is 0 Å². The van der Waals surface area contributed by atoms with Crippen LogP contribution in [0.15, 0.2) is 18.3 Å². The SMILES string of the molecule is Cc1cnc(Oc2ccc(C(=O)NC3CC4CCC3N4)s2)s1. The molecule has 2 bridgehead atoms. The zero-order valence-corrected chi connectivity index (χ0v) is 13.8. The summed E-state index contributed by atoms with van der Waals surface area (Å²) in [5.74, 6) is -0.00507. The smallest absolute Gasteiger partial charge is 0.279 e. The Balaban J connectivity index is 1.39. The van der Waals surface area contributed by atoms with Gasteiger partial charge < -0.3 is 15.4 Å². The minimum atomic E-state index is -0.00507. The van der Waals surface area contributed by atoms with Gasteiger partial charge in [0.2, 0.25) is 0 Å². The van der Waals surface area contributed by atoms with E-state index in [0.29, 0.717) is 27.2 Å². The third-order valence-corrected chi connectivity index (χ3v) is 5.96. The summed E-state index contributed by atoms with van der Waals surface area (Å²) < 4.78 is 5.68. The maximum absolute atomic E-state index is 12.3. The second-order valence-electron chi connectivity index (χ2n) is 5.82. The fourth-order valence-electron chi connectivity index (χ4n) is 3.19. The van der Waals surface area contributed by atoms with Crippen molar-refractivity contribution in [1.82, 2.24) is 15.6 Å². The van der Waals surface area contributed by atoms with Crippen molar-refractivity contribution >= 4 is 28.6 Å². The van der Waals surface area contributed by atoms with Gasteiger partial charge in [0.15, 0.2) is 5.06 Å². The van der Waals surface area contributed by atoms with Crippen molar-refractivity contribution in [1.29, 1.82) is 0 Å². The first-order valence-electron chi connectivity index (χ1n) is 7.44. The number of fused-ring (bicyclic) bond motifs is 2. The average molecular weight is 335 g/mol. The van der Waals surface area contributed by atoms with Crippen LogP contribution in [0, 0.1) is 6.92 Å². The molecule has 0 saturated carbocycles. The fourth-order valence-corrected chi connectivity index (χ4v) is 4.62. The number of amides is 1. The monoisotopic (exact) mass is 335 g/mol. The summed E-state index contributed by atoms with van der Waals surface area (Å²) >= 11 is 2.86. The number of nitrogens with zero attached hydrogens (tertiary/aromatic N) is 1. The van der Waals surface area contributed by atoms with E-state index in [-0.39, 0.29) is 11.9 Å². The second-order valence-corrected chi connectivity index (χ2v) is 8.06. The van der Waals surface area contributed by atoms with Gasteiger partial charge in [-0.25, -0.2) is 4.98 Å². The first-order chi connectivity index (χ1) is 10.7. The van der Waals surface area contributed by atoms with Crippen LogP contribution < -0.4 is 15.4 Å². The molecule has 116 valence electrons. The number of ether oxygens (including phenoxy) is 1. The van der Waals surface area contributed by atoms with Crippen molar-refractivity contribution in [3.63, 3.8) is 0 Å². The Morgan fingerprint density at radius 2 is 2.32 bits per heavy atom. The number of carbonyl (C=O) groups excluding carboxylic acids is 1. The van der Waals surface area contributed by atoms with Gasteiger partial charge in [-0.1, -0.05) is 22.7 Å². The van der Waals surface area contributed by atoms with Crippen LogP contribution in [0.25, 0.3) is 0 Å². The van der Waals surface area contributed by atoms with Crippen LogP contribution in [0.5, 0.6) is 10.3 Å². The Morgan fingerprint density at radius 1 is 1.41 bits per heavy atom. The maximum Gasteiger partial charge on any atom is 0.279 e. The fraction of sp³-hybridized carbons (Fsp3) is 0.467. The Kier molecular flexibility index (Phi) is 3.63. The lowest BCUT2D eigenvalue weighted by Gasteiger charge is -2.20. The summed E-state index contributed by atoms with van der Waals surface area (Å²) in [5.41, 5.74) is 0. The molecular weight excluding hydrogens is 318 g/mol. The van der Waals surface area contributed by atoms with Crippen LogP contribution in [0.3, 0.4) is 0 Å². The predicted molar refractivity (Wildman–Crippen MR) is 87.1 cm³/mol. The van der Waals surface area contributed by atoms with Crippen LogP contribution in [0.4, 0.5) is 0 Å². The van der Waals surface area contributed by atoms with E-state index in [4.69, 9.17) is 4.74 Å². The molecule has 2 aliphatic heterocycles. The van der Waals surface area contributed by atoms with Gasteiger partial charge in [-0.05, 0) is 38.3 Å². The van der Waals surface area contributed by atoms with Gasteiger partial charge in [0, 0.05) is 29.2 Å². The molecule has 4 heterocycles. The normalized spacial score (nSPS) is 26.3. The Bertz CT molecular complexity index is 697. The molecule has 0 aromatic carbocycles. The molecule has 2 aromatic rings. The summed E-state index contributed by atoms with van der Waals surface area (Å²) in [4.78, 5) is 18.3. The quantitative estimate of drug-likeness (QED) is 0.902. The highest BCUT2D eigenvalue weighted by atomic mass is 32.1. The molecule has 2 aromatic heterocycles. The predicted octanol–water partition coefficient (Wildman–Crippen LogP) is 2.93. The summed E-state index contributed by atoms with van der Waals surface area (Å²) in [7, 11) is 0. The molecule has 3 atom stereocenters. The lowest BCUT2D eigenvalue weighted by molar-refractivity contribution is 0.0935. The number of hydrogen-bond donors (Lipinski definition) is 2. The van der Waals surface area contributed by atoms with E-state index in [2.05, 4.69) is 15.6 Å². The zero-order chi connectivity index (χ0) is 15.1. The van der Waals surface area contributed by atoms with E-state index in [9.17, 15) is 4.79 Å². The number of aromatic nitrogens is 1. The largest absolute Gasteiger partial charge is 0.420 e. The van der Waals surface area contributed by atoms with Gasteiger partial charge in [0.05, 0.1) is 4.88 Å². The van der Waals surface area contributed by atoms with Gasteiger partial charge >= 0.3 is 0 Å². The van der Waals surface area contributed by atoms with E-state index in [1.54, 1.807) is 6.20 Å². The van der Waals surface area contributed by atoms with E-state index in [0.717, 1.165) is 17.7 Å². The minimum absolute atomic E-state index is 0.00507. The maximum atomic E-state index is 12.3. The van der Waals surface area contributed by atoms with Crippen LogP contribution >= 0.6 is 22.7 Å². The molecule has 0 spiro atoms. The number of thiazole rings is 1. The Morgan fingerprint density at radius 3 is 3.00 bits per heavy atom. The molecule has 2 N–H and O–H groups in total. The molecule has 2 fully saturated rings. The molecule has 5 nitrogen and oxygen atoms in total. The Hall–Kier alpha value is -1.44. The molecule has 0 radical (unpaired) electrons. The van der Waals surface area contributed by atoms with Gasteiger partial charge in [0.1, 0.15) is 0 Å². The summed E-state index contributed by atoms with van der Waals surface area (Å²) in [6, 6.07) is 4.94. The lowest BCUT2D eigenvalue weighted by Crippen LogP contribution is -2.42. The molecule has 2 aliphatic rings. The number of nitrogens with one attached hydrogen (secondary N) is 2. The number of carbonyl (C=O) groups is 1. The summed E-state index contributed by atoms with van der Waals surface area (Å²) in [6.07, 6.45) is 5.23.